The first kappa shape index (κ1) is 16.5. The van der Waals surface area contributed by atoms with Gasteiger partial charge in [0.25, 0.3) is 0 Å². The van der Waals surface area contributed by atoms with Crippen LogP contribution in [0, 0.1) is 5.92 Å². The number of urea groups is 1. The smallest absolute Gasteiger partial charge is 0.315 e. The Bertz CT molecular complexity index is 389. The fourth-order valence-corrected chi connectivity index (χ4v) is 2.15. The average molecular weight is 278 g/mol. The summed E-state index contributed by atoms with van der Waals surface area (Å²) in [5.41, 5.74) is 1.23. The molecule has 0 aliphatic carbocycles. The van der Waals surface area contributed by atoms with Gasteiger partial charge in [-0.05, 0) is 17.9 Å². The number of amides is 2. The fourth-order valence-electron chi connectivity index (χ4n) is 2.15. The fraction of sp³-hybridized carbons (Fsp3) is 0.562. The summed E-state index contributed by atoms with van der Waals surface area (Å²) in [7, 11) is 0. The number of benzene rings is 1. The molecular weight excluding hydrogens is 252 g/mol. The number of rotatable bonds is 7. The third-order valence-corrected chi connectivity index (χ3v) is 3.56. The Balaban J connectivity index is 2.54. The maximum atomic E-state index is 11.8. The highest BCUT2D eigenvalue weighted by atomic mass is 16.3. The van der Waals surface area contributed by atoms with Gasteiger partial charge in [-0.3, -0.25) is 0 Å². The molecule has 1 aromatic carbocycles. The van der Waals surface area contributed by atoms with Gasteiger partial charge in [0.15, 0.2) is 0 Å². The van der Waals surface area contributed by atoms with Crippen LogP contribution in [0.4, 0.5) is 4.79 Å². The zero-order valence-electron chi connectivity index (χ0n) is 12.6. The van der Waals surface area contributed by atoms with Gasteiger partial charge >= 0.3 is 6.03 Å². The zero-order valence-corrected chi connectivity index (χ0v) is 12.6. The molecule has 2 amide bonds. The van der Waals surface area contributed by atoms with Crippen molar-refractivity contribution >= 4 is 6.03 Å². The van der Waals surface area contributed by atoms with Crippen LogP contribution < -0.4 is 10.6 Å². The number of carbonyl (C=O) groups excluding carboxylic acids is 1. The third kappa shape index (κ3) is 5.21. The summed E-state index contributed by atoms with van der Waals surface area (Å²) in [6, 6.07) is 9.82. The molecule has 0 bridgehead atoms. The second-order valence-corrected chi connectivity index (χ2v) is 5.40. The molecule has 0 radical (unpaired) electrons. The predicted octanol–water partition coefficient (Wildman–Crippen LogP) is 2.50. The molecular formula is C16H26N2O2. The summed E-state index contributed by atoms with van der Waals surface area (Å²) in [4.78, 5) is 11.8. The maximum absolute atomic E-state index is 11.8. The number of aliphatic hydroxyl groups is 1. The Kier molecular flexibility index (Phi) is 7.09. The lowest BCUT2D eigenvalue weighted by Gasteiger charge is -2.23. The van der Waals surface area contributed by atoms with Gasteiger partial charge in [0, 0.05) is 12.5 Å². The molecule has 0 aliphatic heterocycles. The molecule has 112 valence electrons. The van der Waals surface area contributed by atoms with Gasteiger partial charge in [0.1, 0.15) is 0 Å². The van der Waals surface area contributed by atoms with Crippen molar-refractivity contribution in [1.29, 1.82) is 0 Å². The van der Waals surface area contributed by atoms with E-state index < -0.39 is 0 Å². The van der Waals surface area contributed by atoms with Crippen molar-refractivity contribution in [2.45, 2.75) is 39.2 Å². The lowest BCUT2D eigenvalue weighted by atomic mass is 9.88. The van der Waals surface area contributed by atoms with Crippen LogP contribution in [0.3, 0.4) is 0 Å². The molecule has 0 saturated carbocycles. The van der Waals surface area contributed by atoms with Crippen molar-refractivity contribution in [1.82, 2.24) is 10.6 Å². The summed E-state index contributed by atoms with van der Waals surface area (Å²) in [6.07, 6.45) is 0.718. The minimum atomic E-state index is -0.215. The SMILES string of the molecule is CCC(CO)NC(=O)NCC(c1ccccc1)C(C)C. The second kappa shape index (κ2) is 8.59. The summed E-state index contributed by atoms with van der Waals surface area (Å²) < 4.78 is 0. The molecule has 4 heteroatoms. The molecule has 4 nitrogen and oxygen atoms in total. The molecule has 1 aromatic rings. The zero-order chi connectivity index (χ0) is 15.0. The van der Waals surface area contributed by atoms with E-state index >= 15 is 0 Å². The number of hydrogen-bond acceptors (Lipinski definition) is 2. The lowest BCUT2D eigenvalue weighted by molar-refractivity contribution is 0.213. The molecule has 0 saturated heterocycles. The quantitative estimate of drug-likeness (QED) is 0.717. The first-order chi connectivity index (χ1) is 9.58. The van der Waals surface area contributed by atoms with Crippen molar-refractivity contribution in [3.05, 3.63) is 35.9 Å². The summed E-state index contributed by atoms with van der Waals surface area (Å²) >= 11 is 0. The van der Waals surface area contributed by atoms with Crippen LogP contribution in [0.15, 0.2) is 30.3 Å². The average Bonchev–Trinajstić information content (AvgIpc) is 2.45. The van der Waals surface area contributed by atoms with Crippen LogP contribution in [0.5, 0.6) is 0 Å². The van der Waals surface area contributed by atoms with Gasteiger partial charge in [-0.25, -0.2) is 4.79 Å². The van der Waals surface area contributed by atoms with Crippen molar-refractivity contribution in [3.8, 4) is 0 Å². The Morgan fingerprint density at radius 1 is 1.25 bits per heavy atom. The lowest BCUT2D eigenvalue weighted by Crippen LogP contribution is -2.45. The number of aliphatic hydroxyl groups excluding tert-OH is 1. The van der Waals surface area contributed by atoms with Gasteiger partial charge in [0.2, 0.25) is 0 Å². The molecule has 20 heavy (non-hydrogen) atoms. The van der Waals surface area contributed by atoms with Crippen LogP contribution in [0.2, 0.25) is 0 Å². The first-order valence-electron chi connectivity index (χ1n) is 7.28. The highest BCUT2D eigenvalue weighted by Gasteiger charge is 2.17. The molecule has 0 fully saturated rings. The monoisotopic (exact) mass is 278 g/mol. The molecule has 2 atom stereocenters. The van der Waals surface area contributed by atoms with Gasteiger partial charge in [-0.1, -0.05) is 51.1 Å². The molecule has 0 spiro atoms. The molecule has 0 aliphatic rings. The van der Waals surface area contributed by atoms with E-state index in [-0.39, 0.29) is 24.6 Å². The van der Waals surface area contributed by atoms with Gasteiger partial charge in [-0.15, -0.1) is 0 Å². The Morgan fingerprint density at radius 2 is 1.90 bits per heavy atom. The van der Waals surface area contributed by atoms with E-state index in [1.807, 2.05) is 25.1 Å². The van der Waals surface area contributed by atoms with E-state index in [4.69, 9.17) is 5.11 Å². The third-order valence-electron chi connectivity index (χ3n) is 3.56. The van der Waals surface area contributed by atoms with Gasteiger partial charge < -0.3 is 15.7 Å². The van der Waals surface area contributed by atoms with E-state index in [0.717, 1.165) is 6.42 Å². The predicted molar refractivity (Wildman–Crippen MR) is 81.7 cm³/mol. The number of carbonyl (C=O) groups is 1. The maximum Gasteiger partial charge on any atom is 0.315 e. The van der Waals surface area contributed by atoms with E-state index in [0.29, 0.717) is 12.5 Å². The summed E-state index contributed by atoms with van der Waals surface area (Å²) in [5, 5.41) is 14.7. The molecule has 0 heterocycles. The van der Waals surface area contributed by atoms with Crippen molar-refractivity contribution in [3.63, 3.8) is 0 Å². The Labute approximate surface area is 121 Å². The minimum Gasteiger partial charge on any atom is -0.394 e. The van der Waals surface area contributed by atoms with E-state index in [2.05, 4.69) is 36.6 Å². The van der Waals surface area contributed by atoms with E-state index in [1.165, 1.54) is 5.56 Å². The van der Waals surface area contributed by atoms with Crippen LogP contribution in [0.25, 0.3) is 0 Å². The highest BCUT2D eigenvalue weighted by molar-refractivity contribution is 5.74. The van der Waals surface area contributed by atoms with Gasteiger partial charge in [0.05, 0.1) is 12.6 Å². The number of hydrogen-bond donors (Lipinski definition) is 3. The van der Waals surface area contributed by atoms with Gasteiger partial charge in [-0.2, -0.15) is 0 Å². The van der Waals surface area contributed by atoms with Crippen LogP contribution in [-0.2, 0) is 0 Å². The summed E-state index contributed by atoms with van der Waals surface area (Å²) in [5.74, 6) is 0.730. The van der Waals surface area contributed by atoms with Crippen molar-refractivity contribution in [2.75, 3.05) is 13.2 Å². The highest BCUT2D eigenvalue weighted by Crippen LogP contribution is 2.23. The number of nitrogens with one attached hydrogen (secondary N) is 2. The summed E-state index contributed by atoms with van der Waals surface area (Å²) in [6.45, 7) is 6.80. The molecule has 1 rings (SSSR count). The largest absolute Gasteiger partial charge is 0.394 e. The Hall–Kier alpha value is -1.55. The Morgan fingerprint density at radius 3 is 2.40 bits per heavy atom. The van der Waals surface area contributed by atoms with Crippen molar-refractivity contribution in [2.24, 2.45) is 5.92 Å². The minimum absolute atomic E-state index is 0.0315. The topological polar surface area (TPSA) is 61.4 Å². The molecule has 3 N–H and O–H groups in total. The first-order valence-corrected chi connectivity index (χ1v) is 7.28. The van der Waals surface area contributed by atoms with Crippen molar-refractivity contribution < 1.29 is 9.90 Å². The standard InChI is InChI=1S/C16H26N2O2/c1-4-14(11-19)18-16(20)17-10-15(12(2)3)13-8-6-5-7-9-13/h5-9,12,14-15,19H,4,10-11H2,1-3H3,(H2,17,18,20). The second-order valence-electron chi connectivity index (χ2n) is 5.40. The normalized spacial score (nSPS) is 13.8. The van der Waals surface area contributed by atoms with E-state index in [1.54, 1.807) is 0 Å². The van der Waals surface area contributed by atoms with Crippen LogP contribution in [0.1, 0.15) is 38.7 Å². The molecule has 2 unspecified atom stereocenters. The van der Waals surface area contributed by atoms with E-state index in [9.17, 15) is 4.79 Å². The van der Waals surface area contributed by atoms with Crippen LogP contribution >= 0.6 is 0 Å². The molecule has 0 aromatic heterocycles. The van der Waals surface area contributed by atoms with Crippen LogP contribution in [-0.4, -0.2) is 30.3 Å².